The third-order valence-corrected chi connectivity index (χ3v) is 6.31. The molecule has 0 bridgehead atoms. The Hall–Kier alpha value is -2.68. The van der Waals surface area contributed by atoms with E-state index in [-0.39, 0.29) is 0 Å². The zero-order valence-electron chi connectivity index (χ0n) is 14.4. The Morgan fingerprint density at radius 3 is 2.68 bits per heavy atom. The highest BCUT2D eigenvalue weighted by Crippen LogP contribution is 2.29. The van der Waals surface area contributed by atoms with Crippen molar-refractivity contribution in [3.63, 3.8) is 0 Å². The van der Waals surface area contributed by atoms with Crippen molar-refractivity contribution in [2.75, 3.05) is 0 Å². The number of nitrogens with one attached hydrogen (secondary N) is 1. The van der Waals surface area contributed by atoms with E-state index in [1.165, 1.54) is 11.3 Å². The van der Waals surface area contributed by atoms with Crippen molar-refractivity contribution >= 4 is 39.7 Å². The molecule has 0 amide bonds. The number of thioether (sulfide) groups is 1. The Labute approximate surface area is 173 Å². The topological polar surface area (TPSA) is 71.8 Å². The van der Waals surface area contributed by atoms with Crippen LogP contribution in [-0.4, -0.2) is 30.0 Å². The van der Waals surface area contributed by atoms with Crippen molar-refractivity contribution in [2.24, 2.45) is 0 Å². The number of hydrogen-bond acceptors (Lipinski definition) is 6. The maximum absolute atomic E-state index is 5.94. The summed E-state index contributed by atoms with van der Waals surface area (Å²) in [5, 5.41) is 22.2. The summed E-state index contributed by atoms with van der Waals surface area (Å²) < 4.78 is 1.80. The predicted molar refractivity (Wildman–Crippen MR) is 113 cm³/mol. The molecular formula is C19H13ClN6S2. The van der Waals surface area contributed by atoms with Gasteiger partial charge >= 0.3 is 0 Å². The van der Waals surface area contributed by atoms with Gasteiger partial charge in [0.2, 0.25) is 4.96 Å². The smallest absolute Gasteiger partial charge is 0.235 e. The Kier molecular flexibility index (Phi) is 4.59. The first-order valence-electron chi connectivity index (χ1n) is 8.47. The summed E-state index contributed by atoms with van der Waals surface area (Å²) in [6.45, 7) is 0. The second-order valence-electron chi connectivity index (χ2n) is 5.99. The number of benzene rings is 2. The van der Waals surface area contributed by atoms with Crippen LogP contribution >= 0.6 is 34.7 Å². The molecular weight excluding hydrogens is 412 g/mol. The van der Waals surface area contributed by atoms with Crippen molar-refractivity contribution in [3.8, 4) is 22.0 Å². The molecule has 0 atom stereocenters. The highest BCUT2D eigenvalue weighted by atomic mass is 35.5. The molecule has 5 rings (SSSR count). The lowest BCUT2D eigenvalue weighted by atomic mass is 10.1. The normalized spacial score (nSPS) is 11.3. The molecule has 0 aliphatic rings. The summed E-state index contributed by atoms with van der Waals surface area (Å²) in [6, 6.07) is 19.8. The number of rotatable bonds is 5. The van der Waals surface area contributed by atoms with E-state index in [2.05, 4.69) is 25.5 Å². The second kappa shape index (κ2) is 7.38. The summed E-state index contributed by atoms with van der Waals surface area (Å²) in [7, 11) is 0. The zero-order chi connectivity index (χ0) is 18.9. The minimum atomic E-state index is 0.671. The first-order valence-corrected chi connectivity index (χ1v) is 10.6. The van der Waals surface area contributed by atoms with E-state index in [4.69, 9.17) is 11.6 Å². The van der Waals surface area contributed by atoms with Crippen LogP contribution in [0.4, 0.5) is 0 Å². The molecule has 0 saturated carbocycles. The van der Waals surface area contributed by atoms with Gasteiger partial charge in [0.15, 0.2) is 10.8 Å². The minimum Gasteiger partial charge on any atom is -0.275 e. The van der Waals surface area contributed by atoms with Crippen LogP contribution in [0.5, 0.6) is 0 Å². The van der Waals surface area contributed by atoms with Crippen molar-refractivity contribution in [3.05, 3.63) is 71.5 Å². The number of hydrogen-bond donors (Lipinski definition) is 1. The average Bonchev–Trinajstić information content (AvgIpc) is 3.44. The van der Waals surface area contributed by atoms with Crippen LogP contribution in [0, 0.1) is 0 Å². The second-order valence-corrected chi connectivity index (χ2v) is 8.43. The molecule has 0 aliphatic carbocycles. The maximum atomic E-state index is 5.94. The van der Waals surface area contributed by atoms with Crippen molar-refractivity contribution < 1.29 is 0 Å². The van der Waals surface area contributed by atoms with E-state index in [1.807, 2.05) is 60.7 Å². The van der Waals surface area contributed by atoms with Gasteiger partial charge in [0.05, 0.1) is 17.1 Å². The Morgan fingerprint density at radius 1 is 1.04 bits per heavy atom. The summed E-state index contributed by atoms with van der Waals surface area (Å²) >= 11 is 9.09. The SMILES string of the molecule is Clc1ccc(SCc2nnc3sc(-c4cc(-c5ccccc5)n[nH]4)nn23)cc1. The van der Waals surface area contributed by atoms with Gasteiger partial charge < -0.3 is 0 Å². The number of aromatic amines is 1. The third-order valence-electron chi connectivity index (χ3n) is 4.11. The molecule has 0 unspecified atom stereocenters. The van der Waals surface area contributed by atoms with Gasteiger partial charge in [-0.1, -0.05) is 53.3 Å². The predicted octanol–water partition coefficient (Wildman–Crippen LogP) is 5.19. The van der Waals surface area contributed by atoms with Gasteiger partial charge in [0.25, 0.3) is 0 Å². The minimum absolute atomic E-state index is 0.671. The Bertz CT molecular complexity index is 1230. The number of halogens is 1. The number of nitrogens with zero attached hydrogens (tertiary/aromatic N) is 5. The third kappa shape index (κ3) is 3.42. The molecule has 6 nitrogen and oxygen atoms in total. The monoisotopic (exact) mass is 424 g/mol. The summed E-state index contributed by atoms with van der Waals surface area (Å²) in [5.41, 5.74) is 2.82. The molecule has 28 heavy (non-hydrogen) atoms. The van der Waals surface area contributed by atoms with Gasteiger partial charge in [-0.25, -0.2) is 0 Å². The summed E-state index contributed by atoms with van der Waals surface area (Å²) in [6.07, 6.45) is 0. The fraction of sp³-hybridized carbons (Fsp3) is 0.0526. The largest absolute Gasteiger partial charge is 0.275 e. The van der Waals surface area contributed by atoms with Crippen LogP contribution < -0.4 is 0 Å². The van der Waals surface area contributed by atoms with Gasteiger partial charge in [-0.15, -0.1) is 22.0 Å². The lowest BCUT2D eigenvalue weighted by molar-refractivity contribution is 0.885. The molecule has 0 saturated heterocycles. The van der Waals surface area contributed by atoms with E-state index in [0.29, 0.717) is 5.75 Å². The molecule has 2 aromatic carbocycles. The maximum Gasteiger partial charge on any atom is 0.235 e. The molecule has 3 heterocycles. The molecule has 0 radical (unpaired) electrons. The molecule has 0 fully saturated rings. The van der Waals surface area contributed by atoms with E-state index < -0.39 is 0 Å². The highest BCUT2D eigenvalue weighted by molar-refractivity contribution is 7.98. The van der Waals surface area contributed by atoms with Crippen molar-refractivity contribution in [1.82, 2.24) is 30.0 Å². The lowest BCUT2D eigenvalue weighted by Gasteiger charge is -1.99. The van der Waals surface area contributed by atoms with Gasteiger partial charge in [-0.3, -0.25) is 5.10 Å². The molecule has 0 aliphatic heterocycles. The Balaban J connectivity index is 1.39. The molecule has 1 N–H and O–H groups in total. The quantitative estimate of drug-likeness (QED) is 0.393. The first kappa shape index (κ1) is 17.4. The number of aromatic nitrogens is 6. The van der Waals surface area contributed by atoms with Crippen LogP contribution in [0.1, 0.15) is 5.82 Å². The number of fused-ring (bicyclic) bond motifs is 1. The zero-order valence-corrected chi connectivity index (χ0v) is 16.8. The van der Waals surface area contributed by atoms with Crippen LogP contribution in [0.2, 0.25) is 5.02 Å². The summed E-state index contributed by atoms with van der Waals surface area (Å²) in [5.74, 6) is 1.48. The van der Waals surface area contributed by atoms with Crippen LogP contribution in [-0.2, 0) is 5.75 Å². The van der Waals surface area contributed by atoms with Gasteiger partial charge in [0, 0.05) is 15.5 Å². The first-order chi connectivity index (χ1) is 13.8. The molecule has 0 spiro atoms. The molecule has 3 aromatic heterocycles. The fourth-order valence-electron chi connectivity index (χ4n) is 2.72. The van der Waals surface area contributed by atoms with Crippen molar-refractivity contribution in [2.45, 2.75) is 10.6 Å². The van der Waals surface area contributed by atoms with Crippen molar-refractivity contribution in [1.29, 1.82) is 0 Å². The van der Waals surface area contributed by atoms with E-state index in [9.17, 15) is 0 Å². The molecule has 5 aromatic rings. The van der Waals surface area contributed by atoms with E-state index in [1.54, 1.807) is 16.3 Å². The van der Waals surface area contributed by atoms with Crippen LogP contribution in [0.25, 0.3) is 26.9 Å². The highest BCUT2D eigenvalue weighted by Gasteiger charge is 2.15. The van der Waals surface area contributed by atoms with Gasteiger partial charge in [-0.05, 0) is 30.3 Å². The average molecular weight is 425 g/mol. The molecule has 9 heteroatoms. The van der Waals surface area contributed by atoms with E-state index in [0.717, 1.165) is 42.7 Å². The Morgan fingerprint density at radius 2 is 1.86 bits per heavy atom. The van der Waals surface area contributed by atoms with Crippen LogP contribution in [0.3, 0.4) is 0 Å². The van der Waals surface area contributed by atoms with Gasteiger partial charge in [0.1, 0.15) is 0 Å². The fourth-order valence-corrected chi connectivity index (χ4v) is 4.48. The van der Waals surface area contributed by atoms with Crippen LogP contribution in [0.15, 0.2) is 65.6 Å². The van der Waals surface area contributed by atoms with Gasteiger partial charge in [-0.2, -0.15) is 14.7 Å². The number of H-pyrrole nitrogens is 1. The molecule has 138 valence electrons. The van der Waals surface area contributed by atoms with E-state index >= 15 is 0 Å². The summed E-state index contributed by atoms with van der Waals surface area (Å²) in [4.78, 5) is 1.88. The lowest BCUT2D eigenvalue weighted by Crippen LogP contribution is -1.94. The standard InChI is InChI=1S/C19H13ClN6S2/c20-13-6-8-14(9-7-13)27-11-17-23-24-19-26(17)25-18(28-19)16-10-15(21-22-16)12-4-2-1-3-5-12/h1-10H,11H2,(H,21,22).